The molecule has 1 unspecified atom stereocenters. The Labute approximate surface area is 122 Å². The van der Waals surface area contributed by atoms with Gasteiger partial charge in [0.25, 0.3) is 0 Å². The van der Waals surface area contributed by atoms with Gasteiger partial charge in [0.2, 0.25) is 0 Å². The van der Waals surface area contributed by atoms with E-state index in [2.05, 4.69) is 32.7 Å². The van der Waals surface area contributed by atoms with E-state index in [0.29, 0.717) is 6.04 Å². The third-order valence-corrected chi connectivity index (χ3v) is 3.87. The fourth-order valence-electron chi connectivity index (χ4n) is 2.47. The summed E-state index contributed by atoms with van der Waals surface area (Å²) in [4.78, 5) is 0. The first kappa shape index (κ1) is 18.7. The Bertz CT molecular complexity index is 198. The van der Waals surface area contributed by atoms with Crippen LogP contribution in [0.4, 0.5) is 0 Å². The van der Waals surface area contributed by atoms with E-state index in [4.69, 9.17) is 0 Å². The Morgan fingerprint density at radius 1 is 0.895 bits per heavy atom. The molecule has 114 valence electrons. The SMILES string of the molecule is C=C(CC)CC(CCCCCCCCC)NCCC. The van der Waals surface area contributed by atoms with Gasteiger partial charge in [0.15, 0.2) is 0 Å². The summed E-state index contributed by atoms with van der Waals surface area (Å²) in [5.41, 5.74) is 1.40. The molecule has 0 aliphatic rings. The summed E-state index contributed by atoms with van der Waals surface area (Å²) in [5.74, 6) is 0. The van der Waals surface area contributed by atoms with E-state index >= 15 is 0 Å². The average Bonchev–Trinajstić information content (AvgIpc) is 2.43. The molecule has 1 nitrogen and oxygen atoms in total. The molecule has 0 aromatic rings. The highest BCUT2D eigenvalue weighted by molar-refractivity contribution is 4.96. The van der Waals surface area contributed by atoms with Crippen molar-refractivity contribution in [1.29, 1.82) is 0 Å². The molecule has 0 heterocycles. The number of unbranched alkanes of at least 4 members (excludes halogenated alkanes) is 6. The van der Waals surface area contributed by atoms with Crippen LogP contribution in [0.3, 0.4) is 0 Å². The van der Waals surface area contributed by atoms with Gasteiger partial charge in [-0.05, 0) is 32.2 Å². The normalized spacial score (nSPS) is 12.6. The van der Waals surface area contributed by atoms with Crippen LogP contribution in [0.15, 0.2) is 12.2 Å². The van der Waals surface area contributed by atoms with Gasteiger partial charge in [0.1, 0.15) is 0 Å². The number of rotatable bonds is 14. The van der Waals surface area contributed by atoms with Crippen molar-refractivity contribution in [3.05, 3.63) is 12.2 Å². The molecule has 0 amide bonds. The summed E-state index contributed by atoms with van der Waals surface area (Å²) in [5, 5.41) is 3.69. The van der Waals surface area contributed by atoms with Crippen molar-refractivity contribution in [1.82, 2.24) is 5.32 Å². The third kappa shape index (κ3) is 12.5. The lowest BCUT2D eigenvalue weighted by Crippen LogP contribution is -2.30. The Morgan fingerprint density at radius 3 is 2.11 bits per heavy atom. The Balaban J connectivity index is 3.64. The van der Waals surface area contributed by atoms with E-state index in [9.17, 15) is 0 Å². The topological polar surface area (TPSA) is 12.0 Å². The van der Waals surface area contributed by atoms with Gasteiger partial charge in [-0.3, -0.25) is 0 Å². The van der Waals surface area contributed by atoms with Gasteiger partial charge in [0, 0.05) is 6.04 Å². The summed E-state index contributed by atoms with van der Waals surface area (Å²) < 4.78 is 0. The smallest absolute Gasteiger partial charge is 0.0104 e. The van der Waals surface area contributed by atoms with E-state index in [1.807, 2.05) is 0 Å². The van der Waals surface area contributed by atoms with Crippen LogP contribution < -0.4 is 5.32 Å². The molecule has 1 heteroatoms. The second kappa shape index (κ2) is 14.1. The zero-order valence-corrected chi connectivity index (χ0v) is 13.8. The van der Waals surface area contributed by atoms with Gasteiger partial charge in [0.05, 0.1) is 0 Å². The molecule has 0 saturated carbocycles. The molecule has 19 heavy (non-hydrogen) atoms. The molecule has 0 aromatic heterocycles. The van der Waals surface area contributed by atoms with Crippen molar-refractivity contribution < 1.29 is 0 Å². The Hall–Kier alpha value is -0.300. The van der Waals surface area contributed by atoms with Gasteiger partial charge in [-0.1, -0.05) is 77.9 Å². The second-order valence-corrected chi connectivity index (χ2v) is 5.87. The highest BCUT2D eigenvalue weighted by Gasteiger charge is 2.08. The fraction of sp³-hybridized carbons (Fsp3) is 0.889. The molecule has 0 fully saturated rings. The summed E-state index contributed by atoms with van der Waals surface area (Å²) in [6, 6.07) is 0.669. The predicted molar refractivity (Wildman–Crippen MR) is 88.7 cm³/mol. The van der Waals surface area contributed by atoms with E-state index in [1.54, 1.807) is 0 Å². The average molecular weight is 268 g/mol. The van der Waals surface area contributed by atoms with Gasteiger partial charge < -0.3 is 5.32 Å². The van der Waals surface area contributed by atoms with Crippen LogP contribution in [-0.2, 0) is 0 Å². The second-order valence-electron chi connectivity index (χ2n) is 5.87. The molecule has 0 aliphatic heterocycles. The number of hydrogen-bond acceptors (Lipinski definition) is 1. The maximum absolute atomic E-state index is 4.16. The summed E-state index contributed by atoms with van der Waals surface area (Å²) in [6.45, 7) is 12.1. The highest BCUT2D eigenvalue weighted by atomic mass is 14.9. The van der Waals surface area contributed by atoms with E-state index in [-0.39, 0.29) is 0 Å². The lowest BCUT2D eigenvalue weighted by Gasteiger charge is -2.19. The van der Waals surface area contributed by atoms with E-state index in [1.165, 1.54) is 69.8 Å². The molecular formula is C18H37N. The maximum Gasteiger partial charge on any atom is 0.0104 e. The predicted octanol–water partition coefficient (Wildman–Crippen LogP) is 5.85. The van der Waals surface area contributed by atoms with Gasteiger partial charge in [-0.2, -0.15) is 0 Å². The van der Waals surface area contributed by atoms with E-state index in [0.717, 1.165) is 13.0 Å². The maximum atomic E-state index is 4.16. The molecule has 0 saturated heterocycles. The molecule has 0 bridgehead atoms. The number of hydrogen-bond donors (Lipinski definition) is 1. The minimum absolute atomic E-state index is 0.669. The Morgan fingerprint density at radius 2 is 1.53 bits per heavy atom. The quantitative estimate of drug-likeness (QED) is 0.307. The van der Waals surface area contributed by atoms with Crippen LogP contribution in [-0.4, -0.2) is 12.6 Å². The first-order chi connectivity index (χ1) is 9.24. The minimum Gasteiger partial charge on any atom is -0.314 e. The third-order valence-electron chi connectivity index (χ3n) is 3.87. The summed E-state index contributed by atoms with van der Waals surface area (Å²) >= 11 is 0. The molecular weight excluding hydrogens is 230 g/mol. The summed E-state index contributed by atoms with van der Waals surface area (Å²) in [7, 11) is 0. The molecule has 0 radical (unpaired) electrons. The zero-order chi connectivity index (χ0) is 14.3. The lowest BCUT2D eigenvalue weighted by atomic mass is 9.99. The number of nitrogens with one attached hydrogen (secondary N) is 1. The van der Waals surface area contributed by atoms with Crippen molar-refractivity contribution in [2.75, 3.05) is 6.54 Å². The first-order valence-corrected chi connectivity index (χ1v) is 8.64. The van der Waals surface area contributed by atoms with Crippen molar-refractivity contribution in [3.63, 3.8) is 0 Å². The monoisotopic (exact) mass is 267 g/mol. The van der Waals surface area contributed by atoms with Crippen molar-refractivity contribution in [3.8, 4) is 0 Å². The lowest BCUT2D eigenvalue weighted by molar-refractivity contribution is 0.446. The van der Waals surface area contributed by atoms with Crippen LogP contribution in [0.2, 0.25) is 0 Å². The van der Waals surface area contributed by atoms with Crippen LogP contribution in [0.1, 0.15) is 91.4 Å². The largest absolute Gasteiger partial charge is 0.314 e. The van der Waals surface area contributed by atoms with Gasteiger partial charge >= 0.3 is 0 Å². The molecule has 0 rings (SSSR count). The van der Waals surface area contributed by atoms with Crippen LogP contribution in [0.25, 0.3) is 0 Å². The molecule has 0 spiro atoms. The first-order valence-electron chi connectivity index (χ1n) is 8.64. The summed E-state index contributed by atoms with van der Waals surface area (Å²) in [6.07, 6.45) is 14.7. The van der Waals surface area contributed by atoms with Crippen LogP contribution in [0, 0.1) is 0 Å². The highest BCUT2D eigenvalue weighted by Crippen LogP contribution is 2.15. The van der Waals surface area contributed by atoms with Crippen molar-refractivity contribution in [2.24, 2.45) is 0 Å². The van der Waals surface area contributed by atoms with Crippen LogP contribution >= 0.6 is 0 Å². The zero-order valence-electron chi connectivity index (χ0n) is 13.8. The molecule has 0 aromatic carbocycles. The van der Waals surface area contributed by atoms with Crippen LogP contribution in [0.5, 0.6) is 0 Å². The van der Waals surface area contributed by atoms with Crippen molar-refractivity contribution in [2.45, 2.75) is 97.4 Å². The molecule has 1 N–H and O–H groups in total. The van der Waals surface area contributed by atoms with Gasteiger partial charge in [-0.25, -0.2) is 0 Å². The molecule has 1 atom stereocenters. The van der Waals surface area contributed by atoms with Crippen molar-refractivity contribution >= 4 is 0 Å². The fourth-order valence-corrected chi connectivity index (χ4v) is 2.47. The standard InChI is InChI=1S/C18H37N/c1-5-8-9-10-11-12-13-14-18(19-15-6-2)16-17(4)7-3/h18-19H,4-16H2,1-3H3. The molecule has 0 aliphatic carbocycles. The van der Waals surface area contributed by atoms with E-state index < -0.39 is 0 Å². The Kier molecular flexibility index (Phi) is 13.9. The van der Waals surface area contributed by atoms with Gasteiger partial charge in [-0.15, -0.1) is 0 Å². The minimum atomic E-state index is 0.669.